The van der Waals surface area contributed by atoms with Gasteiger partial charge in [-0.25, -0.2) is 9.07 Å². The number of anilines is 2. The van der Waals surface area contributed by atoms with E-state index in [1.165, 1.54) is 16.8 Å². The van der Waals surface area contributed by atoms with E-state index in [0.29, 0.717) is 5.69 Å². The molecule has 0 aliphatic carbocycles. The van der Waals surface area contributed by atoms with Crippen molar-refractivity contribution in [2.75, 3.05) is 5.32 Å². The molecule has 106 valence electrons. The predicted octanol–water partition coefficient (Wildman–Crippen LogP) is 3.25. The molecule has 0 saturated heterocycles. The zero-order valence-electron chi connectivity index (χ0n) is 10.3. The molecule has 0 aliphatic rings. The molecule has 0 bridgehead atoms. The Labute approximate surface area is 128 Å². The molecule has 2 aromatic heterocycles. The average Bonchev–Trinajstić information content (AvgIpc) is 2.96. The number of halogens is 3. The van der Waals surface area contributed by atoms with Crippen LogP contribution in [-0.4, -0.2) is 24.7 Å². The van der Waals surface area contributed by atoms with E-state index in [1.807, 2.05) is 0 Å². The van der Waals surface area contributed by atoms with Crippen molar-refractivity contribution in [2.24, 2.45) is 0 Å². The molecule has 0 unspecified atom stereocenters. The third-order valence-electron chi connectivity index (χ3n) is 2.48. The van der Waals surface area contributed by atoms with E-state index in [-0.39, 0.29) is 22.2 Å². The fourth-order valence-electron chi connectivity index (χ4n) is 1.59. The Bertz CT molecular complexity index is 777. The van der Waals surface area contributed by atoms with Crippen LogP contribution in [0.3, 0.4) is 0 Å². The lowest BCUT2D eigenvalue weighted by atomic mass is 10.3. The van der Waals surface area contributed by atoms with Gasteiger partial charge >= 0.3 is 0 Å². The maximum absolute atomic E-state index is 13.4. The fourth-order valence-corrected chi connectivity index (χ4v) is 1.86. The predicted molar refractivity (Wildman–Crippen MR) is 76.7 cm³/mol. The number of aromatic nitrogens is 5. The van der Waals surface area contributed by atoms with Crippen LogP contribution in [0.25, 0.3) is 5.95 Å². The Hall–Kier alpha value is -2.25. The monoisotopic (exact) mass is 324 g/mol. The van der Waals surface area contributed by atoms with Gasteiger partial charge in [-0.15, -0.1) is 0 Å². The van der Waals surface area contributed by atoms with E-state index < -0.39 is 5.82 Å². The first-order chi connectivity index (χ1) is 10.1. The van der Waals surface area contributed by atoms with E-state index >= 15 is 0 Å². The first kappa shape index (κ1) is 13.7. The summed E-state index contributed by atoms with van der Waals surface area (Å²) in [4.78, 5) is 12.0. The topological polar surface area (TPSA) is 68.5 Å². The Balaban J connectivity index is 1.93. The molecule has 1 aromatic carbocycles. The summed E-state index contributed by atoms with van der Waals surface area (Å²) >= 11 is 11.5. The minimum Gasteiger partial charge on any atom is -0.324 e. The highest BCUT2D eigenvalue weighted by molar-refractivity contribution is 6.30. The second-order valence-electron chi connectivity index (χ2n) is 3.93. The van der Waals surface area contributed by atoms with Crippen molar-refractivity contribution >= 4 is 34.8 Å². The third kappa shape index (κ3) is 3.09. The highest BCUT2D eigenvalue weighted by Gasteiger charge is 2.08. The molecule has 0 amide bonds. The normalized spacial score (nSPS) is 10.6. The molecule has 0 spiro atoms. The zero-order chi connectivity index (χ0) is 14.8. The van der Waals surface area contributed by atoms with Gasteiger partial charge in [-0.3, -0.25) is 0 Å². The van der Waals surface area contributed by atoms with Crippen molar-refractivity contribution in [1.29, 1.82) is 0 Å². The Morgan fingerprint density at radius 1 is 1.14 bits per heavy atom. The summed E-state index contributed by atoms with van der Waals surface area (Å²) in [5, 5.41) is 6.86. The summed E-state index contributed by atoms with van der Waals surface area (Å²) in [6.07, 6.45) is 3.25. The quantitative estimate of drug-likeness (QED) is 0.800. The van der Waals surface area contributed by atoms with Crippen LogP contribution in [0.4, 0.5) is 16.0 Å². The van der Waals surface area contributed by atoms with Crippen LogP contribution in [0, 0.1) is 5.82 Å². The van der Waals surface area contributed by atoms with Crippen LogP contribution in [0.2, 0.25) is 10.3 Å². The molecular weight excluding hydrogens is 318 g/mol. The summed E-state index contributed by atoms with van der Waals surface area (Å²) in [5.74, 6) is -0.131. The number of hydrogen-bond donors (Lipinski definition) is 1. The standard InChI is InChI=1S/C12H7Cl2FN6/c13-8-3-2-7(6-9(8)15)17-11-18-10(14)19-12(20-11)21-5-1-4-16-21/h1-6H,(H,17,18,19,20). The molecular formula is C12H7Cl2FN6. The first-order valence-electron chi connectivity index (χ1n) is 5.75. The molecule has 9 heteroatoms. The molecule has 3 aromatic rings. The largest absolute Gasteiger partial charge is 0.324 e. The van der Waals surface area contributed by atoms with Gasteiger partial charge in [-0.1, -0.05) is 11.6 Å². The van der Waals surface area contributed by atoms with Crippen molar-refractivity contribution in [3.8, 4) is 5.95 Å². The molecule has 2 heterocycles. The van der Waals surface area contributed by atoms with Gasteiger partial charge in [-0.05, 0) is 35.9 Å². The summed E-state index contributed by atoms with van der Waals surface area (Å²) in [6.45, 7) is 0. The maximum atomic E-state index is 13.4. The number of nitrogens with one attached hydrogen (secondary N) is 1. The van der Waals surface area contributed by atoms with Gasteiger partial charge in [0.1, 0.15) is 5.82 Å². The smallest absolute Gasteiger partial charge is 0.256 e. The average molecular weight is 325 g/mol. The van der Waals surface area contributed by atoms with Crippen molar-refractivity contribution in [3.05, 3.63) is 52.8 Å². The fraction of sp³-hybridized carbons (Fsp3) is 0. The van der Waals surface area contributed by atoms with Crippen LogP contribution >= 0.6 is 23.2 Å². The van der Waals surface area contributed by atoms with Crippen LogP contribution in [0.1, 0.15) is 0 Å². The number of benzene rings is 1. The zero-order valence-corrected chi connectivity index (χ0v) is 11.8. The van der Waals surface area contributed by atoms with Crippen molar-refractivity contribution in [1.82, 2.24) is 24.7 Å². The molecule has 0 radical (unpaired) electrons. The summed E-state index contributed by atoms with van der Waals surface area (Å²) in [6, 6.07) is 5.97. The van der Waals surface area contributed by atoms with Gasteiger partial charge in [0.15, 0.2) is 0 Å². The Morgan fingerprint density at radius 2 is 2.00 bits per heavy atom. The molecule has 3 rings (SSSR count). The van der Waals surface area contributed by atoms with E-state index in [2.05, 4.69) is 25.4 Å². The van der Waals surface area contributed by atoms with Crippen molar-refractivity contribution < 1.29 is 4.39 Å². The third-order valence-corrected chi connectivity index (χ3v) is 2.96. The minimum atomic E-state index is -0.547. The second kappa shape index (κ2) is 5.63. The second-order valence-corrected chi connectivity index (χ2v) is 4.68. The maximum Gasteiger partial charge on any atom is 0.256 e. The van der Waals surface area contributed by atoms with E-state index in [0.717, 1.165) is 0 Å². The lowest BCUT2D eigenvalue weighted by Gasteiger charge is -2.07. The lowest BCUT2D eigenvalue weighted by molar-refractivity contribution is 0.629. The lowest BCUT2D eigenvalue weighted by Crippen LogP contribution is -2.07. The van der Waals surface area contributed by atoms with Crippen LogP contribution < -0.4 is 5.32 Å². The van der Waals surface area contributed by atoms with Crippen LogP contribution in [0.5, 0.6) is 0 Å². The highest BCUT2D eigenvalue weighted by Crippen LogP contribution is 2.21. The van der Waals surface area contributed by atoms with Crippen molar-refractivity contribution in [3.63, 3.8) is 0 Å². The summed E-state index contributed by atoms with van der Waals surface area (Å²) in [5.41, 5.74) is 0.436. The SMILES string of the molecule is Fc1cc(Nc2nc(Cl)nc(-n3cccn3)n2)ccc1Cl. The molecule has 1 N–H and O–H groups in total. The molecule has 0 fully saturated rings. The first-order valence-corrected chi connectivity index (χ1v) is 6.51. The Kier molecular flexibility index (Phi) is 3.68. The van der Waals surface area contributed by atoms with Gasteiger partial charge in [-0.2, -0.15) is 20.1 Å². The molecule has 21 heavy (non-hydrogen) atoms. The highest BCUT2D eigenvalue weighted by atomic mass is 35.5. The Morgan fingerprint density at radius 3 is 2.71 bits per heavy atom. The van der Waals surface area contributed by atoms with E-state index in [4.69, 9.17) is 23.2 Å². The van der Waals surface area contributed by atoms with Crippen molar-refractivity contribution in [2.45, 2.75) is 0 Å². The summed E-state index contributed by atoms with van der Waals surface area (Å²) in [7, 11) is 0. The van der Waals surface area contributed by atoms with Gasteiger partial charge in [0.25, 0.3) is 5.95 Å². The summed E-state index contributed by atoms with van der Waals surface area (Å²) < 4.78 is 14.8. The molecule has 0 saturated carbocycles. The van der Waals surface area contributed by atoms with Gasteiger partial charge in [0, 0.05) is 18.1 Å². The molecule has 6 nitrogen and oxygen atoms in total. The van der Waals surface area contributed by atoms with Gasteiger partial charge in [0.05, 0.1) is 5.02 Å². The van der Waals surface area contributed by atoms with Crippen LogP contribution in [0.15, 0.2) is 36.7 Å². The molecule has 0 aliphatic heterocycles. The van der Waals surface area contributed by atoms with E-state index in [1.54, 1.807) is 24.5 Å². The number of hydrogen-bond acceptors (Lipinski definition) is 5. The van der Waals surface area contributed by atoms with E-state index in [9.17, 15) is 4.39 Å². The number of nitrogens with zero attached hydrogens (tertiary/aromatic N) is 5. The molecule has 0 atom stereocenters. The van der Waals surface area contributed by atoms with Crippen LogP contribution in [-0.2, 0) is 0 Å². The van der Waals surface area contributed by atoms with Gasteiger partial charge in [0.2, 0.25) is 11.2 Å². The van der Waals surface area contributed by atoms with Gasteiger partial charge < -0.3 is 5.32 Å². The minimum absolute atomic E-state index is 0.00700. The number of rotatable bonds is 3.